The number of benzene rings is 3. The smallest absolute Gasteiger partial charge is 0.246 e. The van der Waals surface area contributed by atoms with Gasteiger partial charge in [-0.2, -0.15) is 5.26 Å². The number of unbranched alkanes of at least 4 members (excludes halogenated alkanes) is 4. The summed E-state index contributed by atoms with van der Waals surface area (Å²) in [6.07, 6.45) is 7.10. The van der Waals surface area contributed by atoms with Gasteiger partial charge in [-0.3, -0.25) is 29.1 Å². The number of anilines is 2. The summed E-state index contributed by atoms with van der Waals surface area (Å²) >= 11 is 14.3. The molecule has 2 fully saturated rings. The van der Waals surface area contributed by atoms with Gasteiger partial charge in [0, 0.05) is 102 Å². The number of halogens is 2. The predicted octanol–water partition coefficient (Wildman–Crippen LogP) is 9.50. The molecule has 2 saturated heterocycles. The third-order valence-electron chi connectivity index (χ3n) is 15.2. The molecule has 2 aromatic heterocycles. The van der Waals surface area contributed by atoms with Crippen LogP contribution in [0.4, 0.5) is 11.4 Å². The Morgan fingerprint density at radius 2 is 1.48 bits per heavy atom. The number of nitriles is 1. The molecule has 2 aliphatic heterocycles. The zero-order valence-electron chi connectivity index (χ0n) is 50.4. The summed E-state index contributed by atoms with van der Waals surface area (Å²) in [6.45, 7) is 15.2. The van der Waals surface area contributed by atoms with Crippen molar-refractivity contribution in [3.05, 3.63) is 87.1 Å². The fourth-order valence-corrected chi connectivity index (χ4v) is 11.7. The van der Waals surface area contributed by atoms with Crippen molar-refractivity contribution in [2.45, 2.75) is 117 Å². The highest BCUT2D eigenvalue weighted by Crippen LogP contribution is 2.41. The molecule has 0 saturated carbocycles. The number of amides is 4. The van der Waals surface area contributed by atoms with E-state index in [2.05, 4.69) is 36.9 Å². The summed E-state index contributed by atoms with van der Waals surface area (Å²) in [5.74, 6) is 0.685. The number of β-amino-alcohol motifs (C(OH)–C–C–N with tert-alkyl or cyclic N) is 1. The van der Waals surface area contributed by atoms with Crippen molar-refractivity contribution in [2.24, 2.45) is 5.41 Å². The summed E-state index contributed by atoms with van der Waals surface area (Å²) in [4.78, 5) is 69.3. The zero-order valence-corrected chi connectivity index (χ0v) is 52.7. The molecule has 0 radical (unpaired) electrons. The van der Waals surface area contributed by atoms with E-state index in [1.807, 2.05) is 62.4 Å². The van der Waals surface area contributed by atoms with Gasteiger partial charge in [0.25, 0.3) is 0 Å². The Morgan fingerprint density at radius 3 is 2.12 bits per heavy atom. The standard InChI is InChI=1S/C63H83Cl2N9O11S/c1-42-59(86-41-69-42)44-18-16-43(17-19-44)38-68-61(78)52-32-46(75)40-74(52)62(79)60(63(2,3)4)71-56(76)14-9-7-11-25-82-28-30-84-31-29-83-26-12-8-10-15-57(77)73-23-21-72(22-24-73)20-13-27-85-55-35-50-47(33-54(55)81-6)58(45(37-66)39-67-50)70-51-36-53(80-5)49(65)34-48(51)64/h16-19,33-36,39,41,46,52,60,75H,7-15,20-32,38,40H2,1-6H3,(H,67,70)(H,68,78)(H,71,76)/t46-,52+,60?/m1/s1. The Labute approximate surface area is 519 Å². The number of carbonyl (C=O) groups excluding carboxylic acids is 4. The van der Waals surface area contributed by atoms with Gasteiger partial charge in [0.05, 0.1) is 102 Å². The van der Waals surface area contributed by atoms with Crippen LogP contribution in [0.2, 0.25) is 10.0 Å². The number of nitrogens with zero attached hydrogens (tertiary/aromatic N) is 6. The number of aliphatic hydroxyl groups is 1. The Kier molecular flexibility index (Phi) is 26.3. The number of rotatable bonds is 33. The van der Waals surface area contributed by atoms with Crippen LogP contribution in [0.25, 0.3) is 21.3 Å². The average Bonchev–Trinajstić information content (AvgIpc) is 2.56. The molecule has 2 aliphatic rings. The van der Waals surface area contributed by atoms with Gasteiger partial charge in [0.15, 0.2) is 11.5 Å². The van der Waals surface area contributed by atoms with E-state index < -0.39 is 23.6 Å². The number of hydrogen-bond acceptors (Lipinski definition) is 17. The molecule has 0 bridgehead atoms. The van der Waals surface area contributed by atoms with Gasteiger partial charge in [-0.1, -0.05) is 81.1 Å². The van der Waals surface area contributed by atoms with E-state index in [0.29, 0.717) is 127 Å². The Hall–Kier alpha value is -6.35. The number of aryl methyl sites for hydroxylation is 1. The minimum Gasteiger partial charge on any atom is -0.495 e. The minimum absolute atomic E-state index is 0.0155. The topological polar surface area (TPSA) is 239 Å². The SMILES string of the molecule is COc1cc(Nc2c(C#N)cnc3cc(OCCCN4CCN(C(=O)CCCCCOCCOCCOCCCCCC(=O)NC(C(=O)N5C[C@H](O)C[C@H]5C(=O)NCc5ccc(-c6scnc6C)cc5)C(C)(C)C)CC4)c(OC)cc23)c(Cl)cc1Cl. The molecule has 466 valence electrons. The lowest BCUT2D eigenvalue weighted by Gasteiger charge is -2.35. The van der Waals surface area contributed by atoms with Crippen molar-refractivity contribution >= 4 is 80.4 Å². The Morgan fingerprint density at radius 1 is 0.802 bits per heavy atom. The van der Waals surface area contributed by atoms with Crippen LogP contribution in [0.5, 0.6) is 17.2 Å². The van der Waals surface area contributed by atoms with Gasteiger partial charge < -0.3 is 59.3 Å². The summed E-state index contributed by atoms with van der Waals surface area (Å²) in [7, 11) is 3.08. The minimum atomic E-state index is -0.878. The number of likely N-dealkylation sites (tertiary alicyclic amines) is 1. The lowest BCUT2D eigenvalue weighted by molar-refractivity contribution is -0.144. The number of pyridine rings is 1. The van der Waals surface area contributed by atoms with Crippen LogP contribution in [-0.2, 0) is 39.9 Å². The number of nitrogens with one attached hydrogen (secondary N) is 3. The molecule has 4 heterocycles. The van der Waals surface area contributed by atoms with Gasteiger partial charge in [-0.25, -0.2) is 4.98 Å². The molecule has 20 nitrogen and oxygen atoms in total. The molecule has 3 atom stereocenters. The van der Waals surface area contributed by atoms with E-state index in [9.17, 15) is 29.5 Å². The maximum absolute atomic E-state index is 14.0. The highest BCUT2D eigenvalue weighted by Gasteiger charge is 2.44. The Bertz CT molecular complexity index is 3080. The third-order valence-corrected chi connectivity index (χ3v) is 16.8. The van der Waals surface area contributed by atoms with Gasteiger partial charge in [-0.15, -0.1) is 11.3 Å². The second kappa shape index (κ2) is 33.7. The number of thiazole rings is 1. The van der Waals surface area contributed by atoms with Crippen molar-refractivity contribution in [3.63, 3.8) is 0 Å². The molecule has 4 N–H and O–H groups in total. The van der Waals surface area contributed by atoms with E-state index in [1.165, 1.54) is 18.2 Å². The molecule has 0 spiro atoms. The first-order valence-electron chi connectivity index (χ1n) is 29.6. The monoisotopic (exact) mass is 1240 g/mol. The van der Waals surface area contributed by atoms with Crippen LogP contribution in [-0.4, -0.2) is 171 Å². The van der Waals surface area contributed by atoms with E-state index in [0.717, 1.165) is 79.9 Å². The number of methoxy groups -OCH3 is 2. The van der Waals surface area contributed by atoms with Crippen molar-refractivity contribution in [3.8, 4) is 33.8 Å². The van der Waals surface area contributed by atoms with Crippen LogP contribution in [0.3, 0.4) is 0 Å². The first-order valence-corrected chi connectivity index (χ1v) is 31.2. The molecular formula is C63H83Cl2N9O11S. The number of carbonyl (C=O) groups is 4. The van der Waals surface area contributed by atoms with Crippen LogP contribution < -0.4 is 30.2 Å². The largest absolute Gasteiger partial charge is 0.495 e. The second-order valence-corrected chi connectivity index (χ2v) is 24.3. The molecule has 7 rings (SSSR count). The van der Waals surface area contributed by atoms with Crippen LogP contribution in [0, 0.1) is 23.7 Å². The maximum atomic E-state index is 14.0. The second-order valence-electron chi connectivity index (χ2n) is 22.6. The first-order chi connectivity index (χ1) is 41.5. The van der Waals surface area contributed by atoms with Crippen molar-refractivity contribution in [1.29, 1.82) is 5.26 Å². The van der Waals surface area contributed by atoms with E-state index in [4.69, 9.17) is 51.6 Å². The molecule has 4 amide bonds. The molecule has 5 aromatic rings. The van der Waals surface area contributed by atoms with Gasteiger partial charge in [0.1, 0.15) is 23.9 Å². The Balaban J connectivity index is 0.670. The number of aliphatic hydroxyl groups excluding tert-OH is 1. The van der Waals surface area contributed by atoms with Gasteiger partial charge in [-0.05, 0) is 67.7 Å². The lowest BCUT2D eigenvalue weighted by atomic mass is 9.85. The third kappa shape index (κ3) is 19.6. The van der Waals surface area contributed by atoms with Crippen LogP contribution in [0.15, 0.2) is 60.2 Å². The predicted molar refractivity (Wildman–Crippen MR) is 333 cm³/mol. The van der Waals surface area contributed by atoms with Crippen molar-refractivity contribution < 1.29 is 52.7 Å². The maximum Gasteiger partial charge on any atom is 0.246 e. The highest BCUT2D eigenvalue weighted by molar-refractivity contribution is 7.13. The number of hydrogen-bond donors (Lipinski definition) is 4. The number of fused-ring (bicyclic) bond motifs is 1. The average molecular weight is 1250 g/mol. The van der Waals surface area contributed by atoms with E-state index >= 15 is 0 Å². The highest BCUT2D eigenvalue weighted by atomic mass is 35.5. The van der Waals surface area contributed by atoms with Crippen LogP contribution >= 0.6 is 34.5 Å². The fourth-order valence-electron chi connectivity index (χ4n) is 10.3. The van der Waals surface area contributed by atoms with Gasteiger partial charge >= 0.3 is 0 Å². The summed E-state index contributed by atoms with van der Waals surface area (Å²) in [6, 6.07) is 15.2. The van der Waals surface area contributed by atoms with Crippen molar-refractivity contribution in [1.82, 2.24) is 35.3 Å². The molecule has 86 heavy (non-hydrogen) atoms. The molecular weight excluding hydrogens is 1160 g/mol. The summed E-state index contributed by atoms with van der Waals surface area (Å²) < 4.78 is 34.4. The quantitative estimate of drug-likeness (QED) is 0.0286. The molecule has 1 unspecified atom stereocenters. The molecule has 23 heteroatoms. The summed E-state index contributed by atoms with van der Waals surface area (Å²) in [5.41, 5.74) is 6.03. The van der Waals surface area contributed by atoms with Crippen molar-refractivity contribution in [2.75, 3.05) is 105 Å². The lowest BCUT2D eigenvalue weighted by Crippen LogP contribution is -2.57. The van der Waals surface area contributed by atoms with E-state index in [-0.39, 0.29) is 49.6 Å². The van der Waals surface area contributed by atoms with Crippen LogP contribution in [0.1, 0.15) is 102 Å². The first kappa shape index (κ1) is 67.2. The number of aromatic nitrogens is 2. The number of piperazine rings is 1. The molecule has 0 aliphatic carbocycles. The van der Waals surface area contributed by atoms with Gasteiger partial charge in [0.2, 0.25) is 23.6 Å². The number of ether oxygens (including phenoxy) is 6. The van der Waals surface area contributed by atoms with E-state index in [1.54, 1.807) is 42.7 Å². The summed E-state index contributed by atoms with van der Waals surface area (Å²) in [5, 5.41) is 31.0. The fraction of sp³-hybridized carbons (Fsp3) is 0.540. The normalized spacial score (nSPS) is 15.8. The molecule has 3 aromatic carbocycles. The zero-order chi connectivity index (χ0) is 61.6.